The van der Waals surface area contributed by atoms with Crippen molar-refractivity contribution >= 4 is 22.4 Å². The van der Waals surface area contributed by atoms with Gasteiger partial charge in [0.1, 0.15) is 10.6 Å². The van der Waals surface area contributed by atoms with E-state index in [-0.39, 0.29) is 23.3 Å². The minimum absolute atomic E-state index is 0. The molecule has 1 aliphatic rings. The number of hydrogen-bond donors (Lipinski definition) is 1. The second-order valence-electron chi connectivity index (χ2n) is 4.85. The SMILES string of the molecule is CNCC1CCCN1S(=O)(=O)c1ccc(C(F)(F)F)nc1.Cl. The lowest BCUT2D eigenvalue weighted by Crippen LogP contribution is -2.40. The van der Waals surface area contributed by atoms with Crippen molar-refractivity contribution in [1.29, 1.82) is 0 Å². The first-order valence-corrected chi connectivity index (χ1v) is 7.90. The van der Waals surface area contributed by atoms with Gasteiger partial charge in [-0.05, 0) is 32.0 Å². The van der Waals surface area contributed by atoms with Gasteiger partial charge in [0.15, 0.2) is 0 Å². The van der Waals surface area contributed by atoms with Gasteiger partial charge in [-0.2, -0.15) is 17.5 Å². The Morgan fingerprint density at radius 1 is 1.41 bits per heavy atom. The summed E-state index contributed by atoms with van der Waals surface area (Å²) in [4.78, 5) is 3.00. The molecule has 2 heterocycles. The van der Waals surface area contributed by atoms with Crippen molar-refractivity contribution < 1.29 is 21.6 Å². The van der Waals surface area contributed by atoms with Crippen LogP contribution in [0.15, 0.2) is 23.2 Å². The van der Waals surface area contributed by atoms with Crippen molar-refractivity contribution in [3.05, 3.63) is 24.0 Å². The summed E-state index contributed by atoms with van der Waals surface area (Å²) in [6.07, 6.45) is -2.34. The van der Waals surface area contributed by atoms with Crippen LogP contribution in [0.4, 0.5) is 13.2 Å². The van der Waals surface area contributed by atoms with Crippen molar-refractivity contribution in [3.8, 4) is 0 Å². The maximum absolute atomic E-state index is 12.5. The average Bonchev–Trinajstić information content (AvgIpc) is 2.87. The highest BCUT2D eigenvalue weighted by atomic mass is 35.5. The van der Waals surface area contributed by atoms with Gasteiger partial charge in [-0.25, -0.2) is 8.42 Å². The van der Waals surface area contributed by atoms with E-state index in [1.54, 1.807) is 7.05 Å². The van der Waals surface area contributed by atoms with Crippen LogP contribution < -0.4 is 5.32 Å². The second-order valence-corrected chi connectivity index (χ2v) is 6.74. The zero-order valence-electron chi connectivity index (χ0n) is 11.8. The zero-order chi connectivity index (χ0) is 15.7. The molecule has 1 fully saturated rings. The fourth-order valence-corrected chi connectivity index (χ4v) is 4.04. The van der Waals surface area contributed by atoms with E-state index in [4.69, 9.17) is 0 Å². The largest absolute Gasteiger partial charge is 0.433 e. The number of likely N-dealkylation sites (N-methyl/N-ethyl adjacent to an activating group) is 1. The van der Waals surface area contributed by atoms with Crippen LogP contribution in [0.3, 0.4) is 0 Å². The van der Waals surface area contributed by atoms with Gasteiger partial charge in [0, 0.05) is 25.3 Å². The third kappa shape index (κ3) is 3.89. The summed E-state index contributed by atoms with van der Waals surface area (Å²) in [5.41, 5.74) is -1.10. The topological polar surface area (TPSA) is 62.3 Å². The number of pyridine rings is 1. The third-order valence-corrected chi connectivity index (χ3v) is 5.33. The maximum atomic E-state index is 12.5. The monoisotopic (exact) mass is 359 g/mol. The molecule has 126 valence electrons. The Bertz CT molecular complexity index is 593. The van der Waals surface area contributed by atoms with Crippen LogP contribution in [0.2, 0.25) is 0 Å². The Hall–Kier alpha value is -0.900. The molecular weight excluding hydrogens is 343 g/mol. The first-order chi connectivity index (χ1) is 9.76. The molecule has 0 aromatic carbocycles. The summed E-state index contributed by atoms with van der Waals surface area (Å²) in [6, 6.07) is 1.47. The number of nitrogens with zero attached hydrogens (tertiary/aromatic N) is 2. The molecule has 1 aliphatic heterocycles. The Morgan fingerprint density at radius 2 is 2.09 bits per heavy atom. The van der Waals surface area contributed by atoms with E-state index in [0.717, 1.165) is 25.1 Å². The van der Waals surface area contributed by atoms with E-state index < -0.39 is 21.9 Å². The number of alkyl halides is 3. The number of sulfonamides is 1. The van der Waals surface area contributed by atoms with Crippen molar-refractivity contribution in [2.75, 3.05) is 20.1 Å². The van der Waals surface area contributed by atoms with Gasteiger partial charge in [-0.15, -0.1) is 12.4 Å². The molecule has 0 saturated carbocycles. The molecule has 10 heteroatoms. The normalized spacial score (nSPS) is 19.9. The third-order valence-electron chi connectivity index (χ3n) is 3.40. The quantitative estimate of drug-likeness (QED) is 0.891. The number of aromatic nitrogens is 1. The average molecular weight is 360 g/mol. The predicted octanol–water partition coefficient (Wildman–Crippen LogP) is 1.89. The van der Waals surface area contributed by atoms with E-state index in [1.165, 1.54) is 4.31 Å². The van der Waals surface area contributed by atoms with Crippen LogP contribution in [0.1, 0.15) is 18.5 Å². The lowest BCUT2D eigenvalue weighted by atomic mass is 10.2. The highest BCUT2D eigenvalue weighted by Gasteiger charge is 2.36. The van der Waals surface area contributed by atoms with Gasteiger partial charge >= 0.3 is 6.18 Å². The molecule has 22 heavy (non-hydrogen) atoms. The molecule has 1 aromatic rings. The van der Waals surface area contributed by atoms with E-state index in [0.29, 0.717) is 19.2 Å². The Kier molecular flexibility index (Phi) is 6.19. The van der Waals surface area contributed by atoms with Gasteiger partial charge in [-0.3, -0.25) is 4.98 Å². The van der Waals surface area contributed by atoms with Gasteiger partial charge in [0.25, 0.3) is 0 Å². The molecule has 1 unspecified atom stereocenters. The minimum atomic E-state index is -4.58. The molecule has 5 nitrogen and oxygen atoms in total. The smallest absolute Gasteiger partial charge is 0.318 e. The molecule has 0 aliphatic carbocycles. The molecule has 1 aromatic heterocycles. The molecular formula is C12H17ClF3N3O2S. The summed E-state index contributed by atoms with van der Waals surface area (Å²) >= 11 is 0. The Morgan fingerprint density at radius 3 is 2.59 bits per heavy atom. The van der Waals surface area contributed by atoms with E-state index in [1.807, 2.05) is 0 Å². The molecule has 1 atom stereocenters. The summed E-state index contributed by atoms with van der Waals surface area (Å²) in [6.45, 7) is 0.878. The first-order valence-electron chi connectivity index (χ1n) is 6.46. The number of nitrogens with one attached hydrogen (secondary N) is 1. The van der Waals surface area contributed by atoms with Crippen LogP contribution in [0.5, 0.6) is 0 Å². The van der Waals surface area contributed by atoms with Crippen molar-refractivity contribution in [2.45, 2.75) is 30.0 Å². The molecule has 0 radical (unpaired) electrons. The van der Waals surface area contributed by atoms with Crippen LogP contribution in [0.25, 0.3) is 0 Å². The van der Waals surface area contributed by atoms with Gasteiger partial charge < -0.3 is 5.32 Å². The Labute approximate surface area is 133 Å². The number of rotatable bonds is 4. The Balaban J connectivity index is 0.00000242. The lowest BCUT2D eigenvalue weighted by molar-refractivity contribution is -0.141. The van der Waals surface area contributed by atoms with E-state index >= 15 is 0 Å². The van der Waals surface area contributed by atoms with Crippen molar-refractivity contribution in [3.63, 3.8) is 0 Å². The molecule has 1 N–H and O–H groups in total. The summed E-state index contributed by atoms with van der Waals surface area (Å²) in [5, 5.41) is 2.92. The summed E-state index contributed by atoms with van der Waals surface area (Å²) < 4.78 is 63.6. The molecule has 0 amide bonds. The summed E-state index contributed by atoms with van der Waals surface area (Å²) in [5.74, 6) is 0. The predicted molar refractivity (Wildman–Crippen MR) is 77.3 cm³/mol. The maximum Gasteiger partial charge on any atom is 0.433 e. The molecule has 1 saturated heterocycles. The highest BCUT2D eigenvalue weighted by molar-refractivity contribution is 7.89. The van der Waals surface area contributed by atoms with Crippen LogP contribution in [-0.4, -0.2) is 43.9 Å². The standard InChI is InChI=1S/C12H16F3N3O2S.ClH/c1-16-7-9-3-2-6-18(9)21(19,20)10-4-5-11(17-8-10)12(13,14)15;/h4-5,8-9,16H,2-3,6-7H2,1H3;1H. The lowest BCUT2D eigenvalue weighted by Gasteiger charge is -2.23. The number of halogens is 4. The van der Waals surface area contributed by atoms with Gasteiger partial charge in [0.05, 0.1) is 0 Å². The minimum Gasteiger partial charge on any atom is -0.318 e. The van der Waals surface area contributed by atoms with E-state index in [9.17, 15) is 21.6 Å². The first kappa shape index (κ1) is 19.1. The van der Waals surface area contributed by atoms with Crippen LogP contribution >= 0.6 is 12.4 Å². The van der Waals surface area contributed by atoms with Crippen molar-refractivity contribution in [2.24, 2.45) is 0 Å². The fraction of sp³-hybridized carbons (Fsp3) is 0.583. The van der Waals surface area contributed by atoms with Crippen LogP contribution in [0, 0.1) is 0 Å². The van der Waals surface area contributed by atoms with Gasteiger partial charge in [0.2, 0.25) is 10.0 Å². The molecule has 2 rings (SSSR count). The second kappa shape index (κ2) is 7.12. The van der Waals surface area contributed by atoms with E-state index in [2.05, 4.69) is 10.3 Å². The molecule has 0 spiro atoms. The number of hydrogen-bond acceptors (Lipinski definition) is 4. The van der Waals surface area contributed by atoms with Crippen LogP contribution in [-0.2, 0) is 16.2 Å². The molecule has 0 bridgehead atoms. The summed E-state index contributed by atoms with van der Waals surface area (Å²) in [7, 11) is -2.08. The fourth-order valence-electron chi connectivity index (χ4n) is 2.40. The zero-order valence-corrected chi connectivity index (χ0v) is 13.4. The van der Waals surface area contributed by atoms with Crippen molar-refractivity contribution in [1.82, 2.24) is 14.6 Å². The highest BCUT2D eigenvalue weighted by Crippen LogP contribution is 2.29. The van der Waals surface area contributed by atoms with Gasteiger partial charge in [-0.1, -0.05) is 0 Å².